The highest BCUT2D eigenvalue weighted by molar-refractivity contribution is 6.10. The van der Waals surface area contributed by atoms with Gasteiger partial charge in [-0.3, -0.25) is 14.4 Å². The number of carbonyl (C=O) groups is 3. The highest BCUT2D eigenvalue weighted by atomic mass is 19.1. The molecule has 4 aromatic rings. The Bertz CT molecular complexity index is 1490. The van der Waals surface area contributed by atoms with Gasteiger partial charge in [0.25, 0.3) is 0 Å². The lowest BCUT2D eigenvalue weighted by molar-refractivity contribution is -0.116. The molecule has 4 rings (SSSR count). The summed E-state index contributed by atoms with van der Waals surface area (Å²) >= 11 is 0. The number of halogens is 1. The van der Waals surface area contributed by atoms with Gasteiger partial charge in [-0.05, 0) is 37.3 Å². The molecule has 0 aliphatic heterocycles. The Hall–Kier alpha value is -4.59. The van der Waals surface area contributed by atoms with Crippen LogP contribution in [0.1, 0.15) is 33.2 Å². The molecule has 176 valence electrons. The minimum Gasteiger partial charge on any atom is -0.462 e. The first-order valence-electron chi connectivity index (χ1n) is 10.9. The van der Waals surface area contributed by atoms with Gasteiger partial charge in [0.15, 0.2) is 5.78 Å². The number of ketones is 1. The Morgan fingerprint density at radius 1 is 0.943 bits per heavy atom. The average Bonchev–Trinajstić information content (AvgIpc) is 2.86. The number of fused-ring (bicyclic) bond motifs is 1. The maximum Gasteiger partial charge on any atom is 0.340 e. The Balaban J connectivity index is 1.73. The molecule has 0 saturated heterocycles. The molecule has 7 nitrogen and oxygen atoms in total. The van der Waals surface area contributed by atoms with Crippen LogP contribution in [0.15, 0.2) is 83.8 Å². The third-order valence-corrected chi connectivity index (χ3v) is 5.33. The van der Waals surface area contributed by atoms with Gasteiger partial charge < -0.3 is 14.6 Å². The minimum absolute atomic E-state index is 0.0218. The molecule has 0 saturated carbocycles. The smallest absolute Gasteiger partial charge is 0.340 e. The molecule has 0 unspecified atom stereocenters. The number of para-hydroxylation sites is 1. The zero-order valence-electron chi connectivity index (χ0n) is 18.8. The van der Waals surface area contributed by atoms with Gasteiger partial charge in [-0.2, -0.15) is 0 Å². The van der Waals surface area contributed by atoms with Crippen molar-refractivity contribution in [3.8, 4) is 0 Å². The van der Waals surface area contributed by atoms with Gasteiger partial charge in [-0.15, -0.1) is 0 Å². The van der Waals surface area contributed by atoms with E-state index in [4.69, 9.17) is 4.74 Å². The number of aromatic nitrogens is 1. The molecular formula is C27H21FN2O5. The van der Waals surface area contributed by atoms with Crippen molar-refractivity contribution in [3.63, 3.8) is 0 Å². The van der Waals surface area contributed by atoms with E-state index < -0.39 is 28.9 Å². The monoisotopic (exact) mass is 472 g/mol. The molecule has 35 heavy (non-hydrogen) atoms. The van der Waals surface area contributed by atoms with Crippen LogP contribution in [-0.2, 0) is 16.1 Å². The van der Waals surface area contributed by atoms with Crippen LogP contribution in [0.2, 0.25) is 0 Å². The Labute approximate surface area is 199 Å². The number of carbonyl (C=O) groups excluding carboxylic acids is 3. The first-order valence-corrected chi connectivity index (χ1v) is 10.9. The number of amides is 1. The standard InChI is InChI=1S/C27H21FN2O5/c1-2-35-27(34)19-10-6-7-11-22(19)29-24(31)16-30-15-21(25(32)17-8-4-3-5-9-17)26(33)20-14-18(28)12-13-23(20)30/h3-15H,2,16H2,1H3,(H,29,31). The lowest BCUT2D eigenvalue weighted by Crippen LogP contribution is -2.25. The summed E-state index contributed by atoms with van der Waals surface area (Å²) in [6, 6.07) is 18.2. The SMILES string of the molecule is CCOC(=O)c1ccccc1NC(=O)Cn1cc(C(=O)c2ccccc2)c(=O)c2cc(F)ccc21. The van der Waals surface area contributed by atoms with Crippen LogP contribution < -0.4 is 10.7 Å². The lowest BCUT2D eigenvalue weighted by atomic mass is 10.0. The molecular weight excluding hydrogens is 451 g/mol. The van der Waals surface area contributed by atoms with E-state index in [2.05, 4.69) is 5.32 Å². The number of hydrogen-bond donors (Lipinski definition) is 1. The molecule has 0 atom stereocenters. The second-order valence-corrected chi connectivity index (χ2v) is 7.67. The fourth-order valence-corrected chi connectivity index (χ4v) is 3.73. The number of hydrogen-bond acceptors (Lipinski definition) is 5. The molecule has 1 aromatic heterocycles. The average molecular weight is 472 g/mol. The van der Waals surface area contributed by atoms with E-state index in [-0.39, 0.29) is 40.9 Å². The van der Waals surface area contributed by atoms with Crippen molar-refractivity contribution in [1.82, 2.24) is 4.57 Å². The first kappa shape index (κ1) is 23.6. The van der Waals surface area contributed by atoms with Crippen molar-refractivity contribution in [2.24, 2.45) is 0 Å². The number of nitrogens with one attached hydrogen (secondary N) is 1. The van der Waals surface area contributed by atoms with Crippen molar-refractivity contribution in [2.45, 2.75) is 13.5 Å². The fraction of sp³-hybridized carbons (Fsp3) is 0.111. The highest BCUT2D eigenvalue weighted by Gasteiger charge is 2.19. The molecule has 3 aromatic carbocycles. The maximum atomic E-state index is 14.0. The van der Waals surface area contributed by atoms with E-state index in [0.29, 0.717) is 5.56 Å². The lowest BCUT2D eigenvalue weighted by Gasteiger charge is -2.15. The molecule has 0 radical (unpaired) electrons. The summed E-state index contributed by atoms with van der Waals surface area (Å²) in [6.45, 7) is 1.56. The van der Waals surface area contributed by atoms with E-state index in [1.165, 1.54) is 29.0 Å². The summed E-state index contributed by atoms with van der Waals surface area (Å²) in [7, 11) is 0. The number of nitrogens with zero attached hydrogens (tertiary/aromatic N) is 1. The second-order valence-electron chi connectivity index (χ2n) is 7.67. The van der Waals surface area contributed by atoms with Crippen molar-refractivity contribution in [2.75, 3.05) is 11.9 Å². The zero-order valence-corrected chi connectivity index (χ0v) is 18.8. The van der Waals surface area contributed by atoms with Crippen LogP contribution in [-0.4, -0.2) is 28.8 Å². The normalized spacial score (nSPS) is 10.7. The molecule has 0 spiro atoms. The maximum absolute atomic E-state index is 14.0. The third kappa shape index (κ3) is 5.01. The predicted molar refractivity (Wildman–Crippen MR) is 129 cm³/mol. The van der Waals surface area contributed by atoms with Crippen molar-refractivity contribution in [1.29, 1.82) is 0 Å². The Morgan fingerprint density at radius 2 is 1.66 bits per heavy atom. The van der Waals surface area contributed by atoms with Crippen LogP contribution in [0.5, 0.6) is 0 Å². The van der Waals surface area contributed by atoms with E-state index in [1.54, 1.807) is 55.5 Å². The quantitative estimate of drug-likeness (QED) is 0.322. The molecule has 8 heteroatoms. The summed E-state index contributed by atoms with van der Waals surface area (Å²) < 4.78 is 20.4. The summed E-state index contributed by atoms with van der Waals surface area (Å²) in [4.78, 5) is 51.3. The largest absolute Gasteiger partial charge is 0.462 e. The van der Waals surface area contributed by atoms with Gasteiger partial charge in [-0.25, -0.2) is 9.18 Å². The number of anilines is 1. The zero-order chi connectivity index (χ0) is 24.9. The van der Waals surface area contributed by atoms with Gasteiger partial charge >= 0.3 is 5.97 Å². The minimum atomic E-state index is -0.640. The summed E-state index contributed by atoms with van der Waals surface area (Å²) in [5, 5.41) is 2.65. The molecule has 0 aliphatic rings. The highest BCUT2D eigenvalue weighted by Crippen LogP contribution is 2.19. The predicted octanol–water partition coefficient (Wildman–Crippen LogP) is 4.19. The number of benzene rings is 3. The number of rotatable bonds is 7. The Kier molecular flexibility index (Phi) is 6.82. The molecule has 1 N–H and O–H groups in total. The van der Waals surface area contributed by atoms with E-state index in [1.807, 2.05) is 0 Å². The molecule has 1 heterocycles. The topological polar surface area (TPSA) is 94.5 Å². The van der Waals surface area contributed by atoms with E-state index >= 15 is 0 Å². The molecule has 0 bridgehead atoms. The van der Waals surface area contributed by atoms with Gasteiger partial charge in [-0.1, -0.05) is 42.5 Å². The van der Waals surface area contributed by atoms with Crippen LogP contribution in [0, 0.1) is 5.82 Å². The summed E-state index contributed by atoms with van der Waals surface area (Å²) in [5.41, 5.74) is 0.212. The number of ether oxygens (including phenoxy) is 1. The van der Waals surface area contributed by atoms with Crippen LogP contribution >= 0.6 is 0 Å². The summed E-state index contributed by atoms with van der Waals surface area (Å²) in [6.07, 6.45) is 1.30. The van der Waals surface area contributed by atoms with Crippen LogP contribution in [0.3, 0.4) is 0 Å². The van der Waals surface area contributed by atoms with Gasteiger partial charge in [0, 0.05) is 17.1 Å². The van der Waals surface area contributed by atoms with Gasteiger partial charge in [0.05, 0.1) is 28.9 Å². The first-order chi connectivity index (χ1) is 16.9. The van der Waals surface area contributed by atoms with Gasteiger partial charge in [0.1, 0.15) is 12.4 Å². The van der Waals surface area contributed by atoms with Gasteiger partial charge in [0.2, 0.25) is 11.3 Å². The number of esters is 1. The third-order valence-electron chi connectivity index (χ3n) is 5.33. The molecule has 1 amide bonds. The van der Waals surface area contributed by atoms with Crippen molar-refractivity contribution >= 4 is 34.3 Å². The fourth-order valence-electron chi connectivity index (χ4n) is 3.73. The Morgan fingerprint density at radius 3 is 2.40 bits per heavy atom. The van der Waals surface area contributed by atoms with Crippen LogP contribution in [0.25, 0.3) is 10.9 Å². The van der Waals surface area contributed by atoms with Crippen molar-refractivity contribution < 1.29 is 23.5 Å². The molecule has 0 aliphatic carbocycles. The van der Waals surface area contributed by atoms with Crippen LogP contribution in [0.4, 0.5) is 10.1 Å². The van der Waals surface area contributed by atoms with E-state index in [0.717, 1.165) is 6.07 Å². The second kappa shape index (κ2) is 10.1. The number of pyridine rings is 1. The summed E-state index contributed by atoms with van der Waals surface area (Å²) in [5.74, 6) is -2.28. The molecule has 0 fully saturated rings. The van der Waals surface area contributed by atoms with Crippen molar-refractivity contribution in [3.05, 3.63) is 112 Å². The van der Waals surface area contributed by atoms with E-state index in [9.17, 15) is 23.6 Å².